The van der Waals surface area contributed by atoms with E-state index in [1.807, 2.05) is 30.3 Å². The second-order valence-electron chi connectivity index (χ2n) is 9.44. The van der Waals surface area contributed by atoms with Gasteiger partial charge in [0.15, 0.2) is 0 Å². The smallest absolute Gasteiger partial charge is 0.387 e. The molecule has 0 radical (unpaired) electrons. The maximum Gasteiger partial charge on any atom is 0.387 e. The second-order valence-corrected chi connectivity index (χ2v) is 9.44. The van der Waals surface area contributed by atoms with E-state index in [0.717, 1.165) is 49.8 Å². The number of carbonyl (C=O) groups is 1. The van der Waals surface area contributed by atoms with Crippen molar-refractivity contribution in [3.8, 4) is 5.75 Å². The van der Waals surface area contributed by atoms with Crippen molar-refractivity contribution in [3.63, 3.8) is 0 Å². The third kappa shape index (κ3) is 5.55. The summed E-state index contributed by atoms with van der Waals surface area (Å²) >= 11 is 0. The Labute approximate surface area is 195 Å². The van der Waals surface area contributed by atoms with Crippen LogP contribution < -0.4 is 10.1 Å². The summed E-state index contributed by atoms with van der Waals surface area (Å²) in [6, 6.07) is 14.2. The number of rotatable bonds is 7. The molecule has 1 amide bonds. The Kier molecular flexibility index (Phi) is 7.63. The molecule has 2 atom stereocenters. The third-order valence-corrected chi connectivity index (χ3v) is 7.07. The molecule has 0 spiro atoms. The van der Waals surface area contributed by atoms with E-state index < -0.39 is 6.61 Å². The van der Waals surface area contributed by atoms with Gasteiger partial charge in [0, 0.05) is 25.0 Å². The number of benzene rings is 2. The third-order valence-electron chi connectivity index (χ3n) is 7.07. The van der Waals surface area contributed by atoms with Crippen molar-refractivity contribution in [2.45, 2.75) is 77.6 Å². The number of alkyl halides is 2. The van der Waals surface area contributed by atoms with Gasteiger partial charge in [0.2, 0.25) is 5.91 Å². The van der Waals surface area contributed by atoms with E-state index in [4.69, 9.17) is 0 Å². The Hall–Kier alpha value is -2.47. The molecule has 2 aromatic carbocycles. The number of aryl methyl sites for hydroxylation is 2. The zero-order chi connectivity index (χ0) is 23.4. The average Bonchev–Trinajstić information content (AvgIpc) is 3.24. The highest BCUT2D eigenvalue weighted by Crippen LogP contribution is 2.36. The first-order valence-corrected chi connectivity index (χ1v) is 12.1. The van der Waals surface area contributed by atoms with Crippen LogP contribution in [0.25, 0.3) is 0 Å². The number of hydrogen-bond acceptors (Lipinski definition) is 3. The van der Waals surface area contributed by atoms with E-state index >= 15 is 0 Å². The standard InChI is InChI=1S/C27H34F2N2O2/c1-18-15-20(16-19(2)25(18)33-27(28)29)17-30-23-13-14-31(24(23)21-9-5-3-6-10-21)26(32)22-11-7-4-8-12-22/h3,5-6,9-10,15-16,22-24,27,30H,4,7-8,11-14,17H2,1-2H3. The number of hydrogen-bond donors (Lipinski definition) is 1. The molecule has 0 aromatic heterocycles. The van der Waals surface area contributed by atoms with Crippen LogP contribution in [0.1, 0.15) is 66.8 Å². The maximum atomic E-state index is 13.4. The molecule has 1 N–H and O–H groups in total. The van der Waals surface area contributed by atoms with Crippen LogP contribution in [0.5, 0.6) is 5.75 Å². The van der Waals surface area contributed by atoms with Crippen molar-refractivity contribution in [2.75, 3.05) is 6.54 Å². The number of nitrogens with zero attached hydrogens (tertiary/aromatic N) is 1. The summed E-state index contributed by atoms with van der Waals surface area (Å²) in [6.07, 6.45) is 6.41. The molecular weight excluding hydrogens is 422 g/mol. The van der Waals surface area contributed by atoms with E-state index in [1.165, 1.54) is 6.42 Å². The molecule has 1 heterocycles. The lowest BCUT2D eigenvalue weighted by molar-refractivity contribution is -0.137. The van der Waals surface area contributed by atoms with Gasteiger partial charge >= 0.3 is 6.61 Å². The van der Waals surface area contributed by atoms with E-state index in [2.05, 4.69) is 27.1 Å². The molecule has 33 heavy (non-hydrogen) atoms. The largest absolute Gasteiger partial charge is 0.434 e. The molecule has 1 aliphatic heterocycles. The topological polar surface area (TPSA) is 41.6 Å². The summed E-state index contributed by atoms with van der Waals surface area (Å²) in [4.78, 5) is 15.5. The highest BCUT2D eigenvalue weighted by molar-refractivity contribution is 5.80. The number of nitrogens with one attached hydrogen (secondary N) is 1. The van der Waals surface area contributed by atoms with Gasteiger partial charge in [0.05, 0.1) is 6.04 Å². The molecular formula is C27H34F2N2O2. The Balaban J connectivity index is 1.50. The molecule has 2 aliphatic rings. The minimum absolute atomic E-state index is 0.00394. The van der Waals surface area contributed by atoms with Gasteiger partial charge in [-0.1, -0.05) is 61.7 Å². The summed E-state index contributed by atoms with van der Waals surface area (Å²) < 4.78 is 30.1. The van der Waals surface area contributed by atoms with Gasteiger partial charge in [-0.3, -0.25) is 4.79 Å². The molecule has 4 rings (SSSR count). The fourth-order valence-electron chi connectivity index (χ4n) is 5.57. The lowest BCUT2D eigenvalue weighted by Crippen LogP contribution is -2.41. The van der Waals surface area contributed by atoms with Gasteiger partial charge in [-0.15, -0.1) is 0 Å². The first-order valence-electron chi connectivity index (χ1n) is 12.1. The predicted octanol–water partition coefficient (Wildman–Crippen LogP) is 5.92. The van der Waals surface area contributed by atoms with Gasteiger partial charge in [-0.2, -0.15) is 8.78 Å². The van der Waals surface area contributed by atoms with Gasteiger partial charge in [0.25, 0.3) is 0 Å². The van der Waals surface area contributed by atoms with Crippen LogP contribution >= 0.6 is 0 Å². The second kappa shape index (κ2) is 10.6. The van der Waals surface area contributed by atoms with Crippen LogP contribution in [0.4, 0.5) is 8.78 Å². The lowest BCUT2D eigenvalue weighted by atomic mass is 9.87. The molecule has 2 unspecified atom stereocenters. The maximum absolute atomic E-state index is 13.4. The van der Waals surface area contributed by atoms with Gasteiger partial charge in [0.1, 0.15) is 5.75 Å². The minimum Gasteiger partial charge on any atom is -0.434 e. The van der Waals surface area contributed by atoms with E-state index in [9.17, 15) is 13.6 Å². The van der Waals surface area contributed by atoms with Crippen LogP contribution in [0, 0.1) is 19.8 Å². The Bertz CT molecular complexity index is 921. The number of amides is 1. The van der Waals surface area contributed by atoms with E-state index in [1.54, 1.807) is 13.8 Å². The van der Waals surface area contributed by atoms with Crippen LogP contribution in [-0.4, -0.2) is 30.0 Å². The number of likely N-dealkylation sites (tertiary alicyclic amines) is 1. The van der Waals surface area contributed by atoms with Crippen LogP contribution in [0.15, 0.2) is 42.5 Å². The monoisotopic (exact) mass is 456 g/mol. The highest BCUT2D eigenvalue weighted by atomic mass is 19.3. The fourth-order valence-corrected chi connectivity index (χ4v) is 5.57. The number of carbonyl (C=O) groups excluding carboxylic acids is 1. The van der Waals surface area contributed by atoms with Crippen LogP contribution in [0.2, 0.25) is 0 Å². The molecule has 1 aliphatic carbocycles. The molecule has 2 fully saturated rings. The quantitative estimate of drug-likeness (QED) is 0.563. The Morgan fingerprint density at radius 3 is 2.36 bits per heavy atom. The van der Waals surface area contributed by atoms with Crippen molar-refractivity contribution >= 4 is 5.91 Å². The van der Waals surface area contributed by atoms with E-state index in [0.29, 0.717) is 23.6 Å². The molecule has 0 bridgehead atoms. The van der Waals surface area contributed by atoms with Gasteiger partial charge in [-0.05, 0) is 55.4 Å². The fraction of sp³-hybridized carbons (Fsp3) is 0.519. The molecule has 6 heteroatoms. The van der Waals surface area contributed by atoms with Crippen molar-refractivity contribution < 1.29 is 18.3 Å². The van der Waals surface area contributed by atoms with Crippen LogP contribution in [-0.2, 0) is 11.3 Å². The molecule has 2 aromatic rings. The normalized spacial score (nSPS) is 21.5. The van der Waals surface area contributed by atoms with Crippen molar-refractivity contribution in [3.05, 3.63) is 64.7 Å². The summed E-state index contributed by atoms with van der Waals surface area (Å²) in [6.45, 7) is 2.12. The molecule has 1 saturated carbocycles. The zero-order valence-corrected chi connectivity index (χ0v) is 19.5. The van der Waals surface area contributed by atoms with Crippen molar-refractivity contribution in [1.29, 1.82) is 0 Å². The lowest BCUT2D eigenvalue weighted by Gasteiger charge is -2.33. The molecule has 1 saturated heterocycles. The summed E-state index contributed by atoms with van der Waals surface area (Å²) in [7, 11) is 0. The van der Waals surface area contributed by atoms with Gasteiger partial charge < -0.3 is 15.0 Å². The van der Waals surface area contributed by atoms with Crippen molar-refractivity contribution in [1.82, 2.24) is 10.2 Å². The summed E-state index contributed by atoms with van der Waals surface area (Å²) in [5.41, 5.74) is 3.58. The minimum atomic E-state index is -2.83. The number of ether oxygens (including phenoxy) is 1. The zero-order valence-electron chi connectivity index (χ0n) is 19.5. The predicted molar refractivity (Wildman–Crippen MR) is 125 cm³/mol. The van der Waals surface area contributed by atoms with Gasteiger partial charge in [-0.25, -0.2) is 0 Å². The summed E-state index contributed by atoms with van der Waals surface area (Å²) in [5, 5.41) is 3.67. The first-order chi connectivity index (χ1) is 15.9. The molecule has 4 nitrogen and oxygen atoms in total. The number of halogens is 2. The van der Waals surface area contributed by atoms with E-state index in [-0.39, 0.29) is 23.8 Å². The van der Waals surface area contributed by atoms with Crippen molar-refractivity contribution in [2.24, 2.45) is 5.92 Å². The summed E-state index contributed by atoms with van der Waals surface area (Å²) in [5.74, 6) is 0.700. The average molecular weight is 457 g/mol. The highest BCUT2D eigenvalue weighted by Gasteiger charge is 2.40. The Morgan fingerprint density at radius 1 is 1.06 bits per heavy atom. The molecule has 178 valence electrons. The Morgan fingerprint density at radius 2 is 1.73 bits per heavy atom. The first kappa shape index (κ1) is 23.7. The SMILES string of the molecule is Cc1cc(CNC2CCN(C(=O)C3CCCCC3)C2c2ccccc2)cc(C)c1OC(F)F. The van der Waals surface area contributed by atoms with Crippen LogP contribution in [0.3, 0.4) is 0 Å².